The fourth-order valence-corrected chi connectivity index (χ4v) is 1.60. The van der Waals surface area contributed by atoms with E-state index in [9.17, 15) is 14.4 Å². The Kier molecular flexibility index (Phi) is 13.8. The van der Waals surface area contributed by atoms with Gasteiger partial charge in [0, 0.05) is 13.1 Å². The van der Waals surface area contributed by atoms with Gasteiger partial charge in [-0.2, -0.15) is 0 Å². The second-order valence-corrected chi connectivity index (χ2v) is 4.97. The van der Waals surface area contributed by atoms with E-state index in [2.05, 4.69) is 13.8 Å². The Labute approximate surface area is 128 Å². The number of rotatable bonds is 2. The molecule has 1 rings (SSSR count). The van der Waals surface area contributed by atoms with Crippen LogP contribution in [0.3, 0.4) is 0 Å². The minimum Gasteiger partial charge on any atom is -0.466 e. The zero-order valence-electron chi connectivity index (χ0n) is 14.0. The van der Waals surface area contributed by atoms with Gasteiger partial charge >= 0.3 is 12.0 Å². The Morgan fingerprint density at radius 3 is 1.76 bits per heavy atom. The fourth-order valence-electron chi connectivity index (χ4n) is 1.60. The van der Waals surface area contributed by atoms with Gasteiger partial charge in [0.1, 0.15) is 5.78 Å². The molecule has 0 radical (unpaired) electrons. The van der Waals surface area contributed by atoms with Crippen LogP contribution in [0, 0.1) is 5.92 Å². The molecule has 21 heavy (non-hydrogen) atoms. The molecule has 2 amide bonds. The number of nitrogens with zero attached hydrogens (tertiary/aromatic N) is 1. The molecule has 6 nitrogen and oxygen atoms in total. The van der Waals surface area contributed by atoms with Crippen molar-refractivity contribution in [2.45, 2.75) is 53.9 Å². The van der Waals surface area contributed by atoms with Gasteiger partial charge in [-0.25, -0.2) is 4.79 Å². The summed E-state index contributed by atoms with van der Waals surface area (Å²) in [5, 5.41) is 0. The highest BCUT2D eigenvalue weighted by atomic mass is 16.5. The number of carbonyl (C=O) groups excluding carboxylic acids is 3. The number of hydrogen-bond donors (Lipinski definition) is 1. The molecule has 0 aromatic carbocycles. The van der Waals surface area contributed by atoms with Crippen LogP contribution in [0.4, 0.5) is 4.79 Å². The Bertz CT molecular complexity index is 307. The first-order valence-corrected chi connectivity index (χ1v) is 7.48. The van der Waals surface area contributed by atoms with Crippen molar-refractivity contribution in [3.63, 3.8) is 0 Å². The molecule has 2 N–H and O–H groups in total. The molecule has 6 heteroatoms. The van der Waals surface area contributed by atoms with Gasteiger partial charge in [0.2, 0.25) is 0 Å². The molecule has 1 saturated heterocycles. The van der Waals surface area contributed by atoms with Crippen LogP contribution in [0.1, 0.15) is 53.9 Å². The highest BCUT2D eigenvalue weighted by Gasteiger charge is 2.26. The molecule has 124 valence electrons. The summed E-state index contributed by atoms with van der Waals surface area (Å²) in [7, 11) is 0. The quantitative estimate of drug-likeness (QED) is 0.793. The predicted molar refractivity (Wildman–Crippen MR) is 82.8 cm³/mol. The van der Waals surface area contributed by atoms with E-state index in [1.165, 1.54) is 20.3 Å². The van der Waals surface area contributed by atoms with Crippen molar-refractivity contribution in [3.8, 4) is 0 Å². The monoisotopic (exact) mass is 302 g/mol. The molecule has 0 bridgehead atoms. The van der Waals surface area contributed by atoms with Crippen LogP contribution < -0.4 is 5.73 Å². The molecule has 0 saturated carbocycles. The van der Waals surface area contributed by atoms with E-state index in [-0.39, 0.29) is 17.7 Å². The number of nitrogens with two attached hydrogens (primary N) is 1. The first-order chi connectivity index (χ1) is 9.79. The van der Waals surface area contributed by atoms with Gasteiger partial charge < -0.3 is 20.2 Å². The molecule has 0 aromatic heterocycles. The third kappa shape index (κ3) is 13.2. The molecular formula is C15H30N2O4. The molecule has 0 atom stereocenters. The molecule has 1 aliphatic rings. The number of amides is 2. The van der Waals surface area contributed by atoms with Gasteiger partial charge in [-0.3, -0.25) is 4.79 Å². The summed E-state index contributed by atoms with van der Waals surface area (Å²) in [6.45, 7) is 10.6. The number of esters is 1. The summed E-state index contributed by atoms with van der Waals surface area (Å²) >= 11 is 0. The summed E-state index contributed by atoms with van der Waals surface area (Å²) in [5.41, 5.74) is 5.12. The largest absolute Gasteiger partial charge is 0.466 e. The van der Waals surface area contributed by atoms with E-state index in [0.717, 1.165) is 0 Å². The number of urea groups is 1. The zero-order chi connectivity index (χ0) is 16.8. The second kappa shape index (κ2) is 13.4. The Balaban J connectivity index is 0. The summed E-state index contributed by atoms with van der Waals surface area (Å²) in [6.07, 6.45) is 2.56. The average molecular weight is 302 g/mol. The fraction of sp³-hybridized carbons (Fsp3) is 0.800. The molecule has 0 unspecified atom stereocenters. The molecular weight excluding hydrogens is 272 g/mol. The molecule has 1 heterocycles. The Morgan fingerprint density at radius 2 is 1.48 bits per heavy atom. The maximum atomic E-state index is 11.3. The van der Waals surface area contributed by atoms with Gasteiger partial charge in [-0.15, -0.1) is 0 Å². The van der Waals surface area contributed by atoms with E-state index in [1.807, 2.05) is 0 Å². The number of ketones is 1. The van der Waals surface area contributed by atoms with Gasteiger partial charge in [0.05, 0.1) is 12.5 Å². The summed E-state index contributed by atoms with van der Waals surface area (Å²) in [5.74, 6) is -0.0535. The highest BCUT2D eigenvalue weighted by Crippen LogP contribution is 2.18. The van der Waals surface area contributed by atoms with E-state index in [1.54, 1.807) is 11.8 Å². The van der Waals surface area contributed by atoms with Crippen molar-refractivity contribution in [2.24, 2.45) is 11.7 Å². The third-order valence-corrected chi connectivity index (χ3v) is 2.43. The predicted octanol–water partition coefficient (Wildman–Crippen LogP) is 2.35. The normalized spacial score (nSPS) is 14.0. The minimum atomic E-state index is -0.410. The van der Waals surface area contributed by atoms with Crippen LogP contribution in [0.5, 0.6) is 0 Å². The lowest BCUT2D eigenvalue weighted by Gasteiger charge is -2.29. The van der Waals surface area contributed by atoms with Crippen LogP contribution in [-0.4, -0.2) is 42.4 Å². The number of piperidine rings is 1. The summed E-state index contributed by atoms with van der Waals surface area (Å²) in [6, 6.07) is -0.410. The number of carbonyl (C=O) groups is 3. The van der Waals surface area contributed by atoms with E-state index < -0.39 is 6.03 Å². The lowest BCUT2D eigenvalue weighted by molar-refractivity contribution is -0.149. The van der Waals surface area contributed by atoms with E-state index >= 15 is 0 Å². The first-order valence-electron chi connectivity index (χ1n) is 7.48. The SMILES string of the molecule is CC(C)=O.CCC.CCOC(=O)C1CCN(C(N)=O)CC1. The number of hydrogen-bond acceptors (Lipinski definition) is 4. The number of Topliss-reactive ketones (excluding diaryl/α,β-unsaturated/α-hetero) is 1. The van der Waals surface area contributed by atoms with Crippen molar-refractivity contribution >= 4 is 17.8 Å². The van der Waals surface area contributed by atoms with Crippen LogP contribution in [-0.2, 0) is 14.3 Å². The van der Waals surface area contributed by atoms with Crippen molar-refractivity contribution in [3.05, 3.63) is 0 Å². The first kappa shape index (κ1) is 21.7. The topological polar surface area (TPSA) is 89.7 Å². The van der Waals surface area contributed by atoms with Crippen LogP contribution in [0.2, 0.25) is 0 Å². The van der Waals surface area contributed by atoms with Gasteiger partial charge in [-0.1, -0.05) is 20.3 Å². The Hall–Kier alpha value is -1.59. The minimum absolute atomic E-state index is 0.0643. The lowest BCUT2D eigenvalue weighted by Crippen LogP contribution is -2.43. The third-order valence-electron chi connectivity index (χ3n) is 2.43. The van der Waals surface area contributed by atoms with Crippen LogP contribution >= 0.6 is 0 Å². The lowest BCUT2D eigenvalue weighted by atomic mass is 9.97. The smallest absolute Gasteiger partial charge is 0.314 e. The average Bonchev–Trinajstić information content (AvgIpc) is 2.39. The standard InChI is InChI=1S/C9H16N2O3.C3H6O.C3H8/c1-2-14-8(12)7-3-5-11(6-4-7)9(10)13;1-3(2)4;1-3-2/h7H,2-6H2,1H3,(H2,10,13);1-2H3;3H2,1-2H3. The van der Waals surface area contributed by atoms with Gasteiger partial charge in [0.15, 0.2) is 0 Å². The Morgan fingerprint density at radius 1 is 1.10 bits per heavy atom. The van der Waals surface area contributed by atoms with Gasteiger partial charge in [0.25, 0.3) is 0 Å². The number of ether oxygens (including phenoxy) is 1. The molecule has 1 fully saturated rings. The van der Waals surface area contributed by atoms with Crippen LogP contribution in [0.15, 0.2) is 0 Å². The number of primary amides is 1. The van der Waals surface area contributed by atoms with Crippen molar-refractivity contribution < 1.29 is 19.1 Å². The van der Waals surface area contributed by atoms with E-state index in [4.69, 9.17) is 10.5 Å². The molecule has 0 aliphatic carbocycles. The molecule has 0 aromatic rings. The van der Waals surface area contributed by atoms with Crippen molar-refractivity contribution in [2.75, 3.05) is 19.7 Å². The van der Waals surface area contributed by atoms with Crippen molar-refractivity contribution in [1.82, 2.24) is 4.90 Å². The van der Waals surface area contributed by atoms with Crippen LogP contribution in [0.25, 0.3) is 0 Å². The molecule has 0 spiro atoms. The second-order valence-electron chi connectivity index (χ2n) is 4.97. The van der Waals surface area contributed by atoms with Gasteiger partial charge in [-0.05, 0) is 33.6 Å². The maximum Gasteiger partial charge on any atom is 0.314 e. The molecule has 1 aliphatic heterocycles. The highest BCUT2D eigenvalue weighted by molar-refractivity contribution is 5.74. The number of likely N-dealkylation sites (tertiary alicyclic amines) is 1. The summed E-state index contributed by atoms with van der Waals surface area (Å²) in [4.78, 5) is 33.1. The maximum absolute atomic E-state index is 11.3. The summed E-state index contributed by atoms with van der Waals surface area (Å²) < 4.78 is 4.90. The van der Waals surface area contributed by atoms with Crippen molar-refractivity contribution in [1.29, 1.82) is 0 Å². The zero-order valence-corrected chi connectivity index (χ0v) is 14.0. The van der Waals surface area contributed by atoms with E-state index in [0.29, 0.717) is 32.5 Å².